The highest BCUT2D eigenvalue weighted by molar-refractivity contribution is 7.10. The number of likely N-dealkylation sites (N-methyl/N-ethyl adjacent to an activating group) is 1. The lowest BCUT2D eigenvalue weighted by atomic mass is 10.2. The third-order valence-corrected chi connectivity index (χ3v) is 4.88. The van der Waals surface area contributed by atoms with E-state index in [-0.39, 0.29) is 5.91 Å². The minimum absolute atomic E-state index is 0.0253. The number of hydrogen-bond acceptors (Lipinski definition) is 3. The van der Waals surface area contributed by atoms with E-state index in [9.17, 15) is 4.79 Å². The Bertz CT molecular complexity index is 657. The highest BCUT2D eigenvalue weighted by atomic mass is 35.5. The van der Waals surface area contributed by atoms with Crippen LogP contribution in [0.25, 0.3) is 0 Å². The van der Waals surface area contributed by atoms with Crippen molar-refractivity contribution in [1.29, 1.82) is 0 Å². The molecule has 0 bridgehead atoms. The topological polar surface area (TPSA) is 32.3 Å². The van der Waals surface area contributed by atoms with Crippen LogP contribution in [-0.4, -0.2) is 24.4 Å². The number of carbonyl (C=O) groups is 1. The van der Waals surface area contributed by atoms with Crippen LogP contribution >= 0.6 is 34.5 Å². The summed E-state index contributed by atoms with van der Waals surface area (Å²) in [5.74, 6) is -0.0253. The van der Waals surface area contributed by atoms with Gasteiger partial charge in [-0.2, -0.15) is 0 Å². The van der Waals surface area contributed by atoms with E-state index in [2.05, 4.69) is 23.7 Å². The lowest BCUT2D eigenvalue weighted by Crippen LogP contribution is -2.34. The molecule has 22 heavy (non-hydrogen) atoms. The molecule has 1 aromatic heterocycles. The third-order valence-electron chi connectivity index (χ3n) is 3.29. The summed E-state index contributed by atoms with van der Waals surface area (Å²) >= 11 is 13.7. The SMILES string of the molecule is Cc1ccsc1CN(C)CC(=O)NCc1ccc(Cl)cc1Cl. The Hall–Kier alpha value is -1.07. The second kappa shape index (κ2) is 7.97. The van der Waals surface area contributed by atoms with E-state index < -0.39 is 0 Å². The molecule has 0 unspecified atom stereocenters. The van der Waals surface area contributed by atoms with Crippen molar-refractivity contribution in [2.24, 2.45) is 0 Å². The molecule has 2 aromatic rings. The molecule has 0 aliphatic heterocycles. The number of thiophene rings is 1. The van der Waals surface area contributed by atoms with Crippen molar-refractivity contribution in [3.05, 3.63) is 55.7 Å². The second-order valence-electron chi connectivity index (χ2n) is 5.21. The molecule has 0 spiro atoms. The largest absolute Gasteiger partial charge is 0.351 e. The van der Waals surface area contributed by atoms with Gasteiger partial charge in [0.2, 0.25) is 5.91 Å². The van der Waals surface area contributed by atoms with Crippen LogP contribution in [0, 0.1) is 6.92 Å². The van der Waals surface area contributed by atoms with Crippen molar-refractivity contribution in [2.75, 3.05) is 13.6 Å². The van der Waals surface area contributed by atoms with Gasteiger partial charge < -0.3 is 5.32 Å². The van der Waals surface area contributed by atoms with Crippen molar-refractivity contribution in [2.45, 2.75) is 20.0 Å². The van der Waals surface area contributed by atoms with Gasteiger partial charge in [0.15, 0.2) is 0 Å². The molecular formula is C16H18Cl2N2OS. The highest BCUT2D eigenvalue weighted by Gasteiger charge is 2.10. The number of carbonyl (C=O) groups excluding carboxylic acids is 1. The molecule has 3 nitrogen and oxygen atoms in total. The van der Waals surface area contributed by atoms with Crippen LogP contribution in [-0.2, 0) is 17.9 Å². The number of rotatable bonds is 6. The van der Waals surface area contributed by atoms with Gasteiger partial charge in [0.1, 0.15) is 0 Å². The molecule has 0 aliphatic carbocycles. The second-order valence-corrected chi connectivity index (χ2v) is 7.06. The molecule has 0 fully saturated rings. The molecule has 1 amide bonds. The van der Waals surface area contributed by atoms with Crippen LogP contribution in [0.5, 0.6) is 0 Å². The lowest BCUT2D eigenvalue weighted by molar-refractivity contribution is -0.122. The van der Waals surface area contributed by atoms with E-state index in [1.165, 1.54) is 10.4 Å². The fourth-order valence-electron chi connectivity index (χ4n) is 2.03. The zero-order chi connectivity index (χ0) is 16.1. The Morgan fingerprint density at radius 1 is 1.32 bits per heavy atom. The molecule has 2 rings (SSSR count). The Labute approximate surface area is 144 Å². The predicted octanol–water partition coefficient (Wildman–Crippen LogP) is 4.11. The molecule has 118 valence electrons. The van der Waals surface area contributed by atoms with Gasteiger partial charge in [-0.05, 0) is 48.7 Å². The quantitative estimate of drug-likeness (QED) is 0.844. The monoisotopic (exact) mass is 356 g/mol. The van der Waals surface area contributed by atoms with Gasteiger partial charge in [-0.1, -0.05) is 29.3 Å². The smallest absolute Gasteiger partial charge is 0.234 e. The average Bonchev–Trinajstić information content (AvgIpc) is 2.83. The van der Waals surface area contributed by atoms with Crippen LogP contribution in [0.1, 0.15) is 16.0 Å². The maximum absolute atomic E-state index is 12.0. The maximum atomic E-state index is 12.0. The normalized spacial score (nSPS) is 11.0. The van der Waals surface area contributed by atoms with Crippen LogP contribution in [0.4, 0.5) is 0 Å². The number of benzene rings is 1. The average molecular weight is 357 g/mol. The minimum Gasteiger partial charge on any atom is -0.351 e. The van der Waals surface area contributed by atoms with E-state index in [0.29, 0.717) is 23.1 Å². The van der Waals surface area contributed by atoms with Crippen LogP contribution in [0.3, 0.4) is 0 Å². The van der Waals surface area contributed by atoms with E-state index in [1.807, 2.05) is 18.0 Å². The molecule has 0 saturated heterocycles. The number of halogens is 2. The molecule has 1 heterocycles. The van der Waals surface area contributed by atoms with E-state index in [4.69, 9.17) is 23.2 Å². The van der Waals surface area contributed by atoms with Gasteiger partial charge >= 0.3 is 0 Å². The summed E-state index contributed by atoms with van der Waals surface area (Å²) in [6, 6.07) is 7.36. The first-order valence-electron chi connectivity index (χ1n) is 6.88. The number of hydrogen-bond donors (Lipinski definition) is 1. The first kappa shape index (κ1) is 17.3. The van der Waals surface area contributed by atoms with Crippen molar-refractivity contribution in [3.63, 3.8) is 0 Å². The van der Waals surface area contributed by atoms with Crippen molar-refractivity contribution in [3.8, 4) is 0 Å². The van der Waals surface area contributed by atoms with Gasteiger partial charge in [-0.15, -0.1) is 11.3 Å². The summed E-state index contributed by atoms with van der Waals surface area (Å²) in [4.78, 5) is 15.3. The van der Waals surface area contributed by atoms with E-state index in [1.54, 1.807) is 23.5 Å². The molecular weight excluding hydrogens is 339 g/mol. The van der Waals surface area contributed by atoms with Gasteiger partial charge in [0.25, 0.3) is 0 Å². The Morgan fingerprint density at radius 2 is 2.09 bits per heavy atom. The predicted molar refractivity (Wildman–Crippen MR) is 93.7 cm³/mol. The molecule has 0 saturated carbocycles. The van der Waals surface area contributed by atoms with Gasteiger partial charge in [-0.3, -0.25) is 9.69 Å². The Kier molecular flexibility index (Phi) is 6.26. The van der Waals surface area contributed by atoms with Crippen LogP contribution in [0.2, 0.25) is 10.0 Å². The van der Waals surface area contributed by atoms with Crippen LogP contribution < -0.4 is 5.32 Å². The summed E-state index contributed by atoms with van der Waals surface area (Å²) in [5, 5.41) is 6.10. The van der Waals surface area contributed by atoms with Crippen LogP contribution in [0.15, 0.2) is 29.6 Å². The highest BCUT2D eigenvalue weighted by Crippen LogP contribution is 2.20. The van der Waals surface area contributed by atoms with Crippen molar-refractivity contribution < 1.29 is 4.79 Å². The first-order chi connectivity index (χ1) is 10.5. The maximum Gasteiger partial charge on any atom is 0.234 e. The van der Waals surface area contributed by atoms with Crippen molar-refractivity contribution >= 4 is 40.4 Å². The molecule has 0 aliphatic rings. The molecule has 0 atom stereocenters. The zero-order valence-electron chi connectivity index (χ0n) is 12.5. The van der Waals surface area contributed by atoms with Gasteiger partial charge in [0.05, 0.1) is 6.54 Å². The summed E-state index contributed by atoms with van der Waals surface area (Å²) in [6.45, 7) is 3.62. The minimum atomic E-state index is -0.0253. The third kappa shape index (κ3) is 4.99. The fraction of sp³-hybridized carbons (Fsp3) is 0.312. The molecule has 0 radical (unpaired) electrons. The molecule has 1 N–H and O–H groups in total. The van der Waals surface area contributed by atoms with E-state index >= 15 is 0 Å². The number of aryl methyl sites for hydroxylation is 1. The first-order valence-corrected chi connectivity index (χ1v) is 8.51. The molecule has 1 aromatic carbocycles. The standard InChI is InChI=1S/C16H18Cl2N2OS/c1-11-5-6-22-15(11)9-20(2)10-16(21)19-8-12-3-4-13(17)7-14(12)18/h3-7H,8-10H2,1-2H3,(H,19,21). The summed E-state index contributed by atoms with van der Waals surface area (Å²) in [5.41, 5.74) is 2.13. The number of nitrogens with one attached hydrogen (secondary N) is 1. The lowest BCUT2D eigenvalue weighted by Gasteiger charge is -2.16. The number of amides is 1. The summed E-state index contributed by atoms with van der Waals surface area (Å²) < 4.78 is 0. The Balaban J connectivity index is 1.81. The summed E-state index contributed by atoms with van der Waals surface area (Å²) in [7, 11) is 1.94. The van der Waals surface area contributed by atoms with E-state index in [0.717, 1.165) is 12.1 Å². The fourth-order valence-corrected chi connectivity index (χ4v) is 3.49. The molecule has 6 heteroatoms. The number of nitrogens with zero attached hydrogens (tertiary/aromatic N) is 1. The zero-order valence-corrected chi connectivity index (χ0v) is 14.9. The van der Waals surface area contributed by atoms with Crippen molar-refractivity contribution in [1.82, 2.24) is 10.2 Å². The van der Waals surface area contributed by atoms with Gasteiger partial charge in [-0.25, -0.2) is 0 Å². The van der Waals surface area contributed by atoms with Gasteiger partial charge in [0, 0.05) is 28.0 Å². The Morgan fingerprint density at radius 3 is 2.73 bits per heavy atom. The summed E-state index contributed by atoms with van der Waals surface area (Å²) in [6.07, 6.45) is 0.